The Morgan fingerprint density at radius 1 is 1.23 bits per heavy atom. The van der Waals surface area contributed by atoms with E-state index in [4.69, 9.17) is 9.72 Å². The van der Waals surface area contributed by atoms with Crippen LogP contribution in [0, 0.1) is 11.3 Å². The number of hydrogen-bond donors (Lipinski definition) is 0. The lowest BCUT2D eigenvalue weighted by Crippen LogP contribution is -2.55. The number of benzene rings is 1. The van der Waals surface area contributed by atoms with Crippen LogP contribution >= 0.6 is 11.3 Å². The van der Waals surface area contributed by atoms with Gasteiger partial charge in [-0.3, -0.25) is 4.79 Å². The molecule has 2 saturated heterocycles. The van der Waals surface area contributed by atoms with E-state index in [9.17, 15) is 10.1 Å². The van der Waals surface area contributed by atoms with Gasteiger partial charge in [0.25, 0.3) is 0 Å². The maximum atomic E-state index is 12.5. The third kappa shape index (κ3) is 5.14. The van der Waals surface area contributed by atoms with Crippen LogP contribution < -0.4 is 14.5 Å². The molecule has 6 rings (SSSR count). The Hall–Kier alpha value is -3.61. The van der Waals surface area contributed by atoms with E-state index in [1.807, 2.05) is 0 Å². The Kier molecular flexibility index (Phi) is 7.63. The average Bonchev–Trinajstić information content (AvgIpc) is 3.63. The molecular weight excluding hydrogens is 520 g/mol. The normalized spacial score (nSPS) is 21.4. The van der Waals surface area contributed by atoms with Crippen LogP contribution in [-0.2, 0) is 17.8 Å². The molecule has 0 spiro atoms. The largest absolute Gasteiger partial charge is 0.476 e. The lowest BCUT2D eigenvalue weighted by Gasteiger charge is -2.42. The molecule has 3 aliphatic heterocycles. The molecule has 40 heavy (non-hydrogen) atoms. The molecule has 0 saturated carbocycles. The van der Waals surface area contributed by atoms with Crippen molar-refractivity contribution in [2.75, 3.05) is 56.2 Å². The minimum Gasteiger partial charge on any atom is -0.476 e. The van der Waals surface area contributed by atoms with Gasteiger partial charge in [-0.15, -0.1) is 11.3 Å². The van der Waals surface area contributed by atoms with Crippen LogP contribution in [0.25, 0.3) is 10.1 Å². The summed E-state index contributed by atoms with van der Waals surface area (Å²) in [5.41, 5.74) is 3.75. The van der Waals surface area contributed by atoms with E-state index in [-0.39, 0.29) is 18.4 Å². The molecule has 0 N–H and O–H groups in total. The number of nitriles is 1. The number of thiophene rings is 1. The number of ether oxygens (including phenoxy) is 1. The average molecular weight is 557 g/mol. The molecule has 3 aliphatic rings. The lowest BCUT2D eigenvalue weighted by atomic mass is 9.98. The summed E-state index contributed by atoms with van der Waals surface area (Å²) >= 11 is 1.78. The number of carbonyl (C=O) groups is 1. The molecule has 2 fully saturated rings. The van der Waals surface area contributed by atoms with Gasteiger partial charge in [0.05, 0.1) is 18.5 Å². The number of piperazine rings is 1. The summed E-state index contributed by atoms with van der Waals surface area (Å²) in [6, 6.07) is 13.4. The number of pyridine rings is 1. The zero-order valence-electron chi connectivity index (χ0n) is 23.1. The summed E-state index contributed by atoms with van der Waals surface area (Å²) in [7, 11) is 2.16. The SMILES string of the molecule is C=CC(=O)N1CCN(c2nc(OC[C@@H]3CCCN3C)cc3c2CCN(c2cccc4sccc24)C3)C[C@@H]1CC#N. The second-order valence-electron chi connectivity index (χ2n) is 11.0. The highest BCUT2D eigenvalue weighted by atomic mass is 32.1. The minimum atomic E-state index is -0.199. The van der Waals surface area contributed by atoms with E-state index >= 15 is 0 Å². The Labute approximate surface area is 240 Å². The molecular formula is C31H36N6O2S. The number of aromatic nitrogens is 1. The zero-order chi connectivity index (χ0) is 27.6. The van der Waals surface area contributed by atoms with Crippen molar-refractivity contribution >= 4 is 38.8 Å². The molecule has 1 aromatic carbocycles. The standard InChI is InChI=1S/C31H36N6O2S/c1-3-30(38)37-16-15-36(20-23(37)9-12-32)31-25-10-14-35(27-7-4-8-28-26(27)11-17-40-28)19-22(25)18-29(33-31)39-21-24-6-5-13-34(24)2/h3-4,7-8,11,17-18,23-24H,1,5-6,9-10,13-16,19-21H2,2H3/t23-,24-/m0/s1. The van der Waals surface area contributed by atoms with Crippen LogP contribution in [0.1, 0.15) is 30.4 Å². The molecule has 1 amide bonds. The van der Waals surface area contributed by atoms with Gasteiger partial charge >= 0.3 is 0 Å². The Balaban J connectivity index is 1.32. The third-order valence-electron chi connectivity index (χ3n) is 8.64. The molecule has 3 aromatic rings. The fourth-order valence-electron chi connectivity index (χ4n) is 6.43. The number of hydrogen-bond acceptors (Lipinski definition) is 8. The van der Waals surface area contributed by atoms with E-state index < -0.39 is 0 Å². The van der Waals surface area contributed by atoms with Gasteiger partial charge in [-0.2, -0.15) is 10.2 Å². The van der Waals surface area contributed by atoms with Crippen LogP contribution in [0.4, 0.5) is 11.5 Å². The number of fused-ring (bicyclic) bond motifs is 2. The molecule has 9 heteroatoms. The number of amides is 1. The Morgan fingerprint density at radius 2 is 2.12 bits per heavy atom. The van der Waals surface area contributed by atoms with Gasteiger partial charge in [-0.05, 0) is 68.1 Å². The molecule has 0 bridgehead atoms. The molecule has 0 radical (unpaired) electrons. The van der Waals surface area contributed by atoms with Crippen LogP contribution in [0.3, 0.4) is 0 Å². The van der Waals surface area contributed by atoms with Gasteiger partial charge in [-0.1, -0.05) is 12.6 Å². The topological polar surface area (TPSA) is 75.9 Å². The Morgan fingerprint density at radius 3 is 2.92 bits per heavy atom. The van der Waals surface area contributed by atoms with Gasteiger partial charge in [0.1, 0.15) is 12.4 Å². The van der Waals surface area contributed by atoms with Gasteiger partial charge in [-0.25, -0.2) is 0 Å². The number of anilines is 2. The summed E-state index contributed by atoms with van der Waals surface area (Å²) in [6.07, 6.45) is 4.84. The van der Waals surface area contributed by atoms with Crippen molar-refractivity contribution in [2.45, 2.75) is 44.3 Å². The number of nitrogens with zero attached hydrogens (tertiary/aromatic N) is 6. The van der Waals surface area contributed by atoms with Crippen LogP contribution in [0.5, 0.6) is 5.88 Å². The predicted molar refractivity (Wildman–Crippen MR) is 160 cm³/mol. The van der Waals surface area contributed by atoms with E-state index in [1.54, 1.807) is 16.2 Å². The first-order valence-corrected chi connectivity index (χ1v) is 15.1. The van der Waals surface area contributed by atoms with Crippen molar-refractivity contribution in [1.29, 1.82) is 5.26 Å². The monoisotopic (exact) mass is 556 g/mol. The van der Waals surface area contributed by atoms with E-state index in [1.165, 1.54) is 39.4 Å². The number of carbonyl (C=O) groups excluding carboxylic acids is 1. The zero-order valence-corrected chi connectivity index (χ0v) is 23.9. The molecule has 2 aromatic heterocycles. The van der Waals surface area contributed by atoms with Crippen LogP contribution in [0.2, 0.25) is 0 Å². The van der Waals surface area contributed by atoms with Crippen molar-refractivity contribution in [2.24, 2.45) is 0 Å². The van der Waals surface area contributed by atoms with Crippen molar-refractivity contribution in [3.05, 3.63) is 59.5 Å². The van der Waals surface area contributed by atoms with Crippen molar-refractivity contribution in [3.63, 3.8) is 0 Å². The van der Waals surface area contributed by atoms with Gasteiger partial charge in [0.15, 0.2) is 0 Å². The van der Waals surface area contributed by atoms with E-state index in [0.717, 1.165) is 38.3 Å². The smallest absolute Gasteiger partial charge is 0.246 e. The highest BCUT2D eigenvalue weighted by Crippen LogP contribution is 2.37. The van der Waals surface area contributed by atoms with Crippen LogP contribution in [-0.4, -0.2) is 79.2 Å². The molecule has 2 atom stereocenters. The van der Waals surface area contributed by atoms with Crippen molar-refractivity contribution in [3.8, 4) is 11.9 Å². The number of rotatable bonds is 7. The van der Waals surface area contributed by atoms with Crippen LogP contribution in [0.15, 0.2) is 48.4 Å². The summed E-state index contributed by atoms with van der Waals surface area (Å²) in [6.45, 7) is 8.85. The first kappa shape index (κ1) is 26.6. The third-order valence-corrected chi connectivity index (χ3v) is 9.52. The number of likely N-dealkylation sites (N-methyl/N-ethyl adjacent to an activating group) is 1. The quantitative estimate of drug-likeness (QED) is 0.398. The molecule has 5 heterocycles. The van der Waals surface area contributed by atoms with Crippen molar-refractivity contribution in [1.82, 2.24) is 14.8 Å². The second kappa shape index (κ2) is 11.5. The molecule has 208 valence electrons. The maximum Gasteiger partial charge on any atom is 0.246 e. The van der Waals surface area contributed by atoms with Gasteiger partial charge < -0.3 is 24.3 Å². The lowest BCUT2D eigenvalue weighted by molar-refractivity contribution is -0.128. The highest BCUT2D eigenvalue weighted by Gasteiger charge is 2.33. The fraction of sp³-hybridized carbons (Fsp3) is 0.452. The Bertz CT molecular complexity index is 1450. The first-order valence-electron chi connectivity index (χ1n) is 14.2. The minimum absolute atomic E-state index is 0.120. The summed E-state index contributed by atoms with van der Waals surface area (Å²) in [5.74, 6) is 1.48. The second-order valence-corrected chi connectivity index (χ2v) is 11.9. The first-order chi connectivity index (χ1) is 19.6. The molecule has 8 nitrogen and oxygen atoms in total. The summed E-state index contributed by atoms with van der Waals surface area (Å²) in [5, 5.41) is 13.0. The van der Waals surface area contributed by atoms with E-state index in [0.29, 0.717) is 38.2 Å². The van der Waals surface area contributed by atoms with E-state index in [2.05, 4.69) is 70.1 Å². The number of likely N-dealkylation sites (tertiary alicyclic amines) is 1. The summed E-state index contributed by atoms with van der Waals surface area (Å²) in [4.78, 5) is 26.5. The predicted octanol–water partition coefficient (Wildman–Crippen LogP) is 4.45. The van der Waals surface area contributed by atoms with Crippen molar-refractivity contribution < 1.29 is 9.53 Å². The van der Waals surface area contributed by atoms with Gasteiger partial charge in [0.2, 0.25) is 11.8 Å². The highest BCUT2D eigenvalue weighted by molar-refractivity contribution is 7.17. The molecule has 0 unspecified atom stereocenters. The fourth-order valence-corrected chi connectivity index (χ4v) is 7.24. The molecule has 0 aliphatic carbocycles. The van der Waals surface area contributed by atoms with Gasteiger partial charge in [0, 0.05) is 66.2 Å². The maximum absolute atomic E-state index is 12.5. The summed E-state index contributed by atoms with van der Waals surface area (Å²) < 4.78 is 7.69.